The average molecular weight is 252 g/mol. The molecule has 0 spiro atoms. The van der Waals surface area contributed by atoms with Crippen molar-refractivity contribution in [2.24, 2.45) is 0 Å². The standard InChI is InChI=1S/C14H24N2O2/c1-7-12(18)16-13(3,4)8-11(15-10(2)17)9-14(16,5)6/h7,11H,1,8-9H2,2-6H3,(H,15,17). The predicted molar refractivity (Wildman–Crippen MR) is 72.0 cm³/mol. The maximum Gasteiger partial charge on any atom is 0.246 e. The molecule has 4 nitrogen and oxygen atoms in total. The highest BCUT2D eigenvalue weighted by Crippen LogP contribution is 2.38. The molecule has 0 aromatic carbocycles. The van der Waals surface area contributed by atoms with Crippen LogP contribution in [0.3, 0.4) is 0 Å². The molecule has 0 unspecified atom stereocenters. The van der Waals surface area contributed by atoms with Gasteiger partial charge in [-0.1, -0.05) is 6.58 Å². The Morgan fingerprint density at radius 3 is 2.00 bits per heavy atom. The number of hydrogen-bond donors (Lipinski definition) is 1. The molecule has 4 heteroatoms. The van der Waals surface area contributed by atoms with Crippen molar-refractivity contribution in [3.05, 3.63) is 12.7 Å². The van der Waals surface area contributed by atoms with E-state index in [2.05, 4.69) is 11.9 Å². The normalized spacial score (nSPS) is 22.4. The molecule has 102 valence electrons. The second-order valence-corrected chi connectivity index (χ2v) is 6.31. The van der Waals surface area contributed by atoms with E-state index in [1.165, 1.54) is 13.0 Å². The molecule has 0 radical (unpaired) electrons. The fraction of sp³-hybridized carbons (Fsp3) is 0.714. The summed E-state index contributed by atoms with van der Waals surface area (Å²) < 4.78 is 0. The summed E-state index contributed by atoms with van der Waals surface area (Å²) in [5.41, 5.74) is -0.583. The van der Waals surface area contributed by atoms with Crippen molar-refractivity contribution in [3.8, 4) is 0 Å². The lowest BCUT2D eigenvalue weighted by atomic mass is 9.76. The van der Waals surface area contributed by atoms with Gasteiger partial charge in [0.1, 0.15) is 0 Å². The number of hydrogen-bond acceptors (Lipinski definition) is 2. The van der Waals surface area contributed by atoms with Crippen LogP contribution in [-0.4, -0.2) is 33.8 Å². The lowest BCUT2D eigenvalue weighted by molar-refractivity contribution is -0.144. The van der Waals surface area contributed by atoms with E-state index < -0.39 is 0 Å². The molecule has 0 bridgehead atoms. The van der Waals surface area contributed by atoms with Crippen LogP contribution < -0.4 is 5.32 Å². The summed E-state index contributed by atoms with van der Waals surface area (Å²) >= 11 is 0. The summed E-state index contributed by atoms with van der Waals surface area (Å²) in [5.74, 6) is -0.0682. The molecule has 1 rings (SSSR count). The van der Waals surface area contributed by atoms with Gasteiger partial charge in [0.2, 0.25) is 11.8 Å². The highest BCUT2D eigenvalue weighted by atomic mass is 16.2. The quantitative estimate of drug-likeness (QED) is 0.763. The van der Waals surface area contributed by atoms with Crippen molar-refractivity contribution < 1.29 is 9.59 Å². The van der Waals surface area contributed by atoms with Crippen LogP contribution in [0.1, 0.15) is 47.5 Å². The van der Waals surface area contributed by atoms with Gasteiger partial charge in [0, 0.05) is 24.0 Å². The summed E-state index contributed by atoms with van der Waals surface area (Å²) in [6, 6.07) is 0.112. The minimum absolute atomic E-state index is 0.0184. The molecular formula is C14H24N2O2. The van der Waals surface area contributed by atoms with Gasteiger partial charge in [-0.05, 0) is 46.6 Å². The number of carbonyl (C=O) groups excluding carboxylic acids is 2. The number of amides is 2. The van der Waals surface area contributed by atoms with E-state index in [9.17, 15) is 9.59 Å². The summed E-state index contributed by atoms with van der Waals surface area (Å²) in [7, 11) is 0. The monoisotopic (exact) mass is 252 g/mol. The molecule has 1 aliphatic heterocycles. The maximum absolute atomic E-state index is 12.0. The van der Waals surface area contributed by atoms with E-state index in [1.54, 1.807) is 0 Å². The van der Waals surface area contributed by atoms with Crippen LogP contribution in [0.25, 0.3) is 0 Å². The zero-order chi connectivity index (χ0) is 14.1. The van der Waals surface area contributed by atoms with E-state index in [0.29, 0.717) is 0 Å². The molecule has 18 heavy (non-hydrogen) atoms. The fourth-order valence-electron chi connectivity index (χ4n) is 3.36. The van der Waals surface area contributed by atoms with Crippen molar-refractivity contribution in [1.29, 1.82) is 0 Å². The molecule has 0 aliphatic carbocycles. The first-order chi connectivity index (χ1) is 8.10. The number of rotatable bonds is 2. The third kappa shape index (κ3) is 2.92. The average Bonchev–Trinajstić information content (AvgIpc) is 2.11. The Labute approximate surface area is 109 Å². The summed E-state index contributed by atoms with van der Waals surface area (Å²) in [6.45, 7) is 13.2. The Morgan fingerprint density at radius 1 is 1.22 bits per heavy atom. The summed E-state index contributed by atoms with van der Waals surface area (Å²) in [6.07, 6.45) is 2.88. The SMILES string of the molecule is C=CC(=O)N1C(C)(C)CC(NC(C)=O)CC1(C)C. The van der Waals surface area contributed by atoms with Crippen LogP contribution in [-0.2, 0) is 9.59 Å². The molecule has 1 saturated heterocycles. The molecule has 2 amide bonds. The Morgan fingerprint density at radius 2 is 1.67 bits per heavy atom. The van der Waals surface area contributed by atoms with Gasteiger partial charge >= 0.3 is 0 Å². The highest BCUT2D eigenvalue weighted by molar-refractivity contribution is 5.88. The molecule has 1 aliphatic rings. The van der Waals surface area contributed by atoms with Gasteiger partial charge < -0.3 is 10.2 Å². The number of likely N-dealkylation sites (tertiary alicyclic amines) is 1. The minimum atomic E-state index is -0.292. The van der Waals surface area contributed by atoms with Crippen LogP contribution in [0.2, 0.25) is 0 Å². The molecular weight excluding hydrogens is 228 g/mol. The van der Waals surface area contributed by atoms with Crippen LogP contribution >= 0.6 is 0 Å². The Hall–Kier alpha value is -1.32. The molecule has 1 fully saturated rings. The fourth-order valence-corrected chi connectivity index (χ4v) is 3.36. The third-order valence-corrected chi connectivity index (χ3v) is 3.50. The Bertz CT molecular complexity index is 354. The number of nitrogens with zero attached hydrogens (tertiary/aromatic N) is 1. The van der Waals surface area contributed by atoms with Gasteiger partial charge in [0.15, 0.2) is 0 Å². The van der Waals surface area contributed by atoms with Crippen molar-refractivity contribution in [1.82, 2.24) is 10.2 Å². The molecule has 0 aromatic heterocycles. The molecule has 1 heterocycles. The second kappa shape index (κ2) is 4.75. The van der Waals surface area contributed by atoms with Gasteiger partial charge in [-0.15, -0.1) is 0 Å². The van der Waals surface area contributed by atoms with Gasteiger partial charge in [-0.3, -0.25) is 9.59 Å². The van der Waals surface area contributed by atoms with Crippen LogP contribution in [0.4, 0.5) is 0 Å². The number of nitrogens with one attached hydrogen (secondary N) is 1. The zero-order valence-corrected chi connectivity index (χ0v) is 12.0. The smallest absolute Gasteiger partial charge is 0.246 e. The predicted octanol–water partition coefficient (Wildman–Crippen LogP) is 1.86. The van der Waals surface area contributed by atoms with Gasteiger partial charge in [-0.2, -0.15) is 0 Å². The first kappa shape index (κ1) is 14.7. The summed E-state index contributed by atoms with van der Waals surface area (Å²) in [4.78, 5) is 25.1. The molecule has 0 saturated carbocycles. The molecule has 0 atom stereocenters. The van der Waals surface area contributed by atoms with Crippen LogP contribution in [0, 0.1) is 0 Å². The van der Waals surface area contributed by atoms with Crippen molar-refractivity contribution in [2.45, 2.75) is 64.6 Å². The van der Waals surface area contributed by atoms with Crippen LogP contribution in [0.5, 0.6) is 0 Å². The lowest BCUT2D eigenvalue weighted by Crippen LogP contribution is -2.65. The van der Waals surface area contributed by atoms with E-state index in [1.807, 2.05) is 32.6 Å². The zero-order valence-electron chi connectivity index (χ0n) is 12.0. The maximum atomic E-state index is 12.0. The third-order valence-electron chi connectivity index (χ3n) is 3.50. The first-order valence-electron chi connectivity index (χ1n) is 6.34. The van der Waals surface area contributed by atoms with E-state index >= 15 is 0 Å². The largest absolute Gasteiger partial charge is 0.353 e. The van der Waals surface area contributed by atoms with Gasteiger partial charge in [0.05, 0.1) is 0 Å². The van der Waals surface area contributed by atoms with E-state index in [4.69, 9.17) is 0 Å². The Kier molecular flexibility index (Phi) is 3.89. The second-order valence-electron chi connectivity index (χ2n) is 6.31. The molecule has 1 N–H and O–H groups in total. The molecule has 0 aromatic rings. The number of piperidine rings is 1. The van der Waals surface area contributed by atoms with E-state index in [0.717, 1.165) is 12.8 Å². The lowest BCUT2D eigenvalue weighted by Gasteiger charge is -2.55. The van der Waals surface area contributed by atoms with Gasteiger partial charge in [-0.25, -0.2) is 0 Å². The van der Waals surface area contributed by atoms with Crippen molar-refractivity contribution in [3.63, 3.8) is 0 Å². The van der Waals surface area contributed by atoms with Crippen LogP contribution in [0.15, 0.2) is 12.7 Å². The van der Waals surface area contributed by atoms with Crippen molar-refractivity contribution >= 4 is 11.8 Å². The summed E-state index contributed by atoms with van der Waals surface area (Å²) in [5, 5.41) is 2.97. The van der Waals surface area contributed by atoms with Crippen molar-refractivity contribution in [2.75, 3.05) is 0 Å². The number of carbonyl (C=O) groups is 2. The van der Waals surface area contributed by atoms with E-state index in [-0.39, 0.29) is 28.9 Å². The topological polar surface area (TPSA) is 49.4 Å². The Balaban J connectivity index is 3.01. The van der Waals surface area contributed by atoms with Gasteiger partial charge in [0.25, 0.3) is 0 Å². The first-order valence-corrected chi connectivity index (χ1v) is 6.34. The highest BCUT2D eigenvalue weighted by Gasteiger charge is 2.47. The minimum Gasteiger partial charge on any atom is -0.353 e.